The zero-order valence-corrected chi connectivity index (χ0v) is 11.8. The Bertz CT molecular complexity index is 692. The molecule has 1 aromatic carbocycles. The Hall–Kier alpha value is -2.04. The van der Waals surface area contributed by atoms with E-state index in [1.807, 2.05) is 36.7 Å². The van der Waals surface area contributed by atoms with Crippen molar-refractivity contribution in [1.82, 2.24) is 9.97 Å². The van der Waals surface area contributed by atoms with E-state index in [-0.39, 0.29) is 0 Å². The maximum Gasteiger partial charge on any atom is 0.0976 e. The van der Waals surface area contributed by atoms with Crippen molar-refractivity contribution in [2.75, 3.05) is 0 Å². The van der Waals surface area contributed by atoms with Gasteiger partial charge < -0.3 is 5.73 Å². The predicted octanol–water partition coefficient (Wildman–Crippen LogP) is 3.25. The van der Waals surface area contributed by atoms with Crippen LogP contribution in [-0.2, 0) is 13.0 Å². The van der Waals surface area contributed by atoms with E-state index in [1.165, 1.54) is 5.56 Å². The molecule has 0 unspecified atom stereocenters. The fourth-order valence-electron chi connectivity index (χ4n) is 2.06. The summed E-state index contributed by atoms with van der Waals surface area (Å²) < 4.78 is 0. The number of hydrogen-bond acceptors (Lipinski definition) is 4. The summed E-state index contributed by atoms with van der Waals surface area (Å²) in [5.41, 5.74) is 10.2. The van der Waals surface area contributed by atoms with Crippen LogP contribution in [0.4, 0.5) is 0 Å². The average molecular weight is 281 g/mol. The first-order valence-electron chi connectivity index (χ1n) is 6.48. The molecule has 2 aromatic heterocycles. The van der Waals surface area contributed by atoms with Gasteiger partial charge in [0, 0.05) is 36.3 Å². The molecule has 0 amide bonds. The van der Waals surface area contributed by atoms with Gasteiger partial charge in [-0.1, -0.05) is 18.2 Å². The molecule has 0 fully saturated rings. The molecule has 20 heavy (non-hydrogen) atoms. The van der Waals surface area contributed by atoms with Gasteiger partial charge in [-0.3, -0.25) is 4.98 Å². The highest BCUT2D eigenvalue weighted by Gasteiger charge is 2.06. The predicted molar refractivity (Wildman–Crippen MR) is 82.5 cm³/mol. The van der Waals surface area contributed by atoms with Crippen LogP contribution in [0.15, 0.2) is 54.2 Å². The number of benzene rings is 1. The van der Waals surface area contributed by atoms with Crippen molar-refractivity contribution < 1.29 is 0 Å². The number of aromatic nitrogens is 2. The summed E-state index contributed by atoms with van der Waals surface area (Å²) in [5, 5.41) is 3.22. The zero-order valence-electron chi connectivity index (χ0n) is 11.0. The molecule has 100 valence electrons. The van der Waals surface area contributed by atoms with Gasteiger partial charge in [-0.25, -0.2) is 4.98 Å². The van der Waals surface area contributed by atoms with Crippen LogP contribution in [0.5, 0.6) is 0 Å². The van der Waals surface area contributed by atoms with E-state index in [2.05, 4.69) is 22.5 Å². The summed E-state index contributed by atoms with van der Waals surface area (Å²) in [6.45, 7) is 0.557. The number of nitrogens with zero attached hydrogens (tertiary/aromatic N) is 2. The van der Waals surface area contributed by atoms with Crippen LogP contribution in [0, 0.1) is 0 Å². The summed E-state index contributed by atoms with van der Waals surface area (Å²) in [4.78, 5) is 8.74. The number of hydrogen-bond donors (Lipinski definition) is 1. The number of thiazole rings is 1. The molecule has 0 aliphatic rings. The summed E-state index contributed by atoms with van der Waals surface area (Å²) in [6.07, 6.45) is 4.48. The summed E-state index contributed by atoms with van der Waals surface area (Å²) in [7, 11) is 0. The molecule has 0 atom stereocenters. The van der Waals surface area contributed by atoms with Crippen LogP contribution in [-0.4, -0.2) is 9.97 Å². The molecular weight excluding hydrogens is 266 g/mol. The van der Waals surface area contributed by atoms with Crippen LogP contribution < -0.4 is 5.73 Å². The third kappa shape index (κ3) is 2.92. The molecule has 0 aliphatic heterocycles. The fraction of sp³-hybridized carbons (Fsp3) is 0.125. The van der Waals surface area contributed by atoms with Crippen LogP contribution in [0.2, 0.25) is 0 Å². The summed E-state index contributed by atoms with van der Waals surface area (Å²) >= 11 is 1.69. The van der Waals surface area contributed by atoms with E-state index in [1.54, 1.807) is 11.3 Å². The second-order valence-corrected chi connectivity index (χ2v) is 5.51. The maximum atomic E-state index is 5.68. The minimum absolute atomic E-state index is 0.557. The van der Waals surface area contributed by atoms with Gasteiger partial charge >= 0.3 is 0 Å². The second-order valence-electron chi connectivity index (χ2n) is 4.56. The maximum absolute atomic E-state index is 5.68. The van der Waals surface area contributed by atoms with Crippen LogP contribution in [0.1, 0.15) is 16.1 Å². The Morgan fingerprint density at radius 2 is 1.90 bits per heavy atom. The SMILES string of the molecule is NCc1cccc(-c2csc(Cc3ccncc3)n2)c1. The highest BCUT2D eigenvalue weighted by atomic mass is 32.1. The van der Waals surface area contributed by atoms with E-state index in [9.17, 15) is 0 Å². The molecule has 4 heteroatoms. The lowest BCUT2D eigenvalue weighted by Crippen LogP contribution is -1.95. The van der Waals surface area contributed by atoms with E-state index >= 15 is 0 Å². The van der Waals surface area contributed by atoms with Crippen molar-refractivity contribution in [2.24, 2.45) is 5.73 Å². The lowest BCUT2D eigenvalue weighted by atomic mass is 10.1. The molecule has 0 aliphatic carbocycles. The van der Waals surface area contributed by atoms with Crippen LogP contribution in [0.3, 0.4) is 0 Å². The van der Waals surface area contributed by atoms with E-state index < -0.39 is 0 Å². The smallest absolute Gasteiger partial charge is 0.0976 e. The molecule has 0 saturated heterocycles. The van der Waals surface area contributed by atoms with Gasteiger partial charge in [0.05, 0.1) is 10.7 Å². The zero-order chi connectivity index (χ0) is 13.8. The Labute approximate surface area is 122 Å². The van der Waals surface area contributed by atoms with E-state index in [0.717, 1.165) is 28.2 Å². The third-order valence-electron chi connectivity index (χ3n) is 3.11. The van der Waals surface area contributed by atoms with Crippen LogP contribution >= 0.6 is 11.3 Å². The van der Waals surface area contributed by atoms with Gasteiger partial charge in [0.15, 0.2) is 0 Å². The van der Waals surface area contributed by atoms with Crippen molar-refractivity contribution in [3.05, 3.63) is 70.3 Å². The van der Waals surface area contributed by atoms with Crippen molar-refractivity contribution in [3.63, 3.8) is 0 Å². The lowest BCUT2D eigenvalue weighted by Gasteiger charge is -2.00. The number of rotatable bonds is 4. The molecule has 3 rings (SSSR count). The minimum Gasteiger partial charge on any atom is -0.326 e. The minimum atomic E-state index is 0.557. The molecule has 0 spiro atoms. The molecule has 0 saturated carbocycles. The second kappa shape index (κ2) is 5.94. The van der Waals surface area contributed by atoms with Gasteiger partial charge in [0.25, 0.3) is 0 Å². The Balaban J connectivity index is 1.83. The highest BCUT2D eigenvalue weighted by Crippen LogP contribution is 2.24. The molecule has 2 heterocycles. The van der Waals surface area contributed by atoms with Gasteiger partial charge in [-0.05, 0) is 29.3 Å². The largest absolute Gasteiger partial charge is 0.326 e. The number of nitrogens with two attached hydrogens (primary N) is 1. The van der Waals surface area contributed by atoms with Gasteiger partial charge in [-0.15, -0.1) is 11.3 Å². The Kier molecular flexibility index (Phi) is 3.85. The monoisotopic (exact) mass is 281 g/mol. The third-order valence-corrected chi connectivity index (χ3v) is 3.96. The van der Waals surface area contributed by atoms with Gasteiger partial charge in [0.1, 0.15) is 0 Å². The van der Waals surface area contributed by atoms with Crippen molar-refractivity contribution in [1.29, 1.82) is 0 Å². The Morgan fingerprint density at radius 1 is 1.05 bits per heavy atom. The Morgan fingerprint density at radius 3 is 2.70 bits per heavy atom. The van der Waals surface area contributed by atoms with Gasteiger partial charge in [0.2, 0.25) is 0 Å². The molecular formula is C16H15N3S. The van der Waals surface area contributed by atoms with Gasteiger partial charge in [-0.2, -0.15) is 0 Å². The molecule has 3 aromatic rings. The van der Waals surface area contributed by atoms with Crippen molar-refractivity contribution in [3.8, 4) is 11.3 Å². The van der Waals surface area contributed by atoms with Crippen molar-refractivity contribution >= 4 is 11.3 Å². The quantitative estimate of drug-likeness (QED) is 0.798. The highest BCUT2D eigenvalue weighted by molar-refractivity contribution is 7.10. The normalized spacial score (nSPS) is 10.7. The summed E-state index contributed by atoms with van der Waals surface area (Å²) in [5.74, 6) is 0. The van der Waals surface area contributed by atoms with E-state index in [0.29, 0.717) is 6.54 Å². The lowest BCUT2D eigenvalue weighted by molar-refractivity contribution is 1.07. The van der Waals surface area contributed by atoms with Crippen molar-refractivity contribution in [2.45, 2.75) is 13.0 Å². The average Bonchev–Trinajstić information content (AvgIpc) is 2.97. The fourth-order valence-corrected chi connectivity index (χ4v) is 2.90. The first-order valence-corrected chi connectivity index (χ1v) is 7.36. The van der Waals surface area contributed by atoms with E-state index in [4.69, 9.17) is 10.7 Å². The molecule has 2 N–H and O–H groups in total. The number of pyridine rings is 1. The molecule has 0 bridgehead atoms. The summed E-state index contributed by atoms with van der Waals surface area (Å²) in [6, 6.07) is 12.3. The first-order chi connectivity index (χ1) is 9.85. The van der Waals surface area contributed by atoms with Crippen LogP contribution in [0.25, 0.3) is 11.3 Å². The topological polar surface area (TPSA) is 51.8 Å². The molecule has 3 nitrogen and oxygen atoms in total. The first kappa shape index (κ1) is 13.0. The molecule has 0 radical (unpaired) electrons. The standard InChI is InChI=1S/C16H15N3S/c17-10-13-2-1-3-14(8-13)15-11-20-16(19-15)9-12-4-6-18-7-5-12/h1-8,11H,9-10,17H2.